The SMILES string of the molecule is Cc1ccc(S(=O)CC(=O)CC(=O)[C@@H](C)C(=O)O)cc1. The van der Waals surface area contributed by atoms with E-state index in [0.29, 0.717) is 4.90 Å². The van der Waals surface area contributed by atoms with Crippen LogP contribution in [0.3, 0.4) is 0 Å². The third kappa shape index (κ3) is 4.70. The van der Waals surface area contributed by atoms with Gasteiger partial charge in [-0.1, -0.05) is 17.7 Å². The van der Waals surface area contributed by atoms with Gasteiger partial charge in [0, 0.05) is 4.90 Å². The maximum Gasteiger partial charge on any atom is 0.313 e. The molecule has 0 aliphatic rings. The molecule has 20 heavy (non-hydrogen) atoms. The summed E-state index contributed by atoms with van der Waals surface area (Å²) in [5, 5.41) is 8.66. The molecule has 1 unspecified atom stereocenters. The highest BCUT2D eigenvalue weighted by molar-refractivity contribution is 7.85. The van der Waals surface area contributed by atoms with Crippen molar-refractivity contribution in [2.45, 2.75) is 25.2 Å². The molecule has 0 fully saturated rings. The van der Waals surface area contributed by atoms with Crippen LogP contribution in [0.15, 0.2) is 29.2 Å². The van der Waals surface area contributed by atoms with Crippen molar-refractivity contribution in [3.05, 3.63) is 29.8 Å². The third-order valence-electron chi connectivity index (χ3n) is 2.80. The number of carbonyl (C=O) groups is 3. The molecular weight excluding hydrogens is 280 g/mol. The van der Waals surface area contributed by atoms with Crippen LogP contribution in [0.25, 0.3) is 0 Å². The van der Waals surface area contributed by atoms with Crippen LogP contribution in [0.5, 0.6) is 0 Å². The molecule has 1 rings (SSSR count). The number of carboxylic acid groups (broad SMARTS) is 1. The van der Waals surface area contributed by atoms with Crippen LogP contribution >= 0.6 is 0 Å². The number of aliphatic carboxylic acids is 1. The Morgan fingerprint density at radius 3 is 2.25 bits per heavy atom. The van der Waals surface area contributed by atoms with Gasteiger partial charge in [-0.3, -0.25) is 18.6 Å². The molecule has 0 saturated carbocycles. The molecule has 2 atom stereocenters. The van der Waals surface area contributed by atoms with Crippen LogP contribution in [0, 0.1) is 12.8 Å². The summed E-state index contributed by atoms with van der Waals surface area (Å²) in [7, 11) is -1.51. The van der Waals surface area contributed by atoms with Crippen molar-refractivity contribution in [1.29, 1.82) is 0 Å². The molecule has 0 radical (unpaired) electrons. The highest BCUT2D eigenvalue weighted by Gasteiger charge is 2.23. The lowest BCUT2D eigenvalue weighted by Gasteiger charge is -2.05. The zero-order valence-electron chi connectivity index (χ0n) is 11.3. The summed E-state index contributed by atoms with van der Waals surface area (Å²) >= 11 is 0. The summed E-state index contributed by atoms with van der Waals surface area (Å²) in [4.78, 5) is 34.2. The summed E-state index contributed by atoms with van der Waals surface area (Å²) in [5.74, 6) is -3.93. The first kappa shape index (κ1) is 16.2. The number of benzene rings is 1. The molecule has 0 aliphatic heterocycles. The Balaban J connectivity index is 2.58. The van der Waals surface area contributed by atoms with Crippen LogP contribution < -0.4 is 0 Å². The summed E-state index contributed by atoms with van der Waals surface area (Å²) in [6.07, 6.45) is -0.495. The molecule has 0 aliphatic carbocycles. The van der Waals surface area contributed by atoms with Gasteiger partial charge in [-0.05, 0) is 26.0 Å². The number of carbonyl (C=O) groups excluding carboxylic acids is 2. The summed E-state index contributed by atoms with van der Waals surface area (Å²) in [6, 6.07) is 6.91. The number of hydrogen-bond acceptors (Lipinski definition) is 4. The van der Waals surface area contributed by atoms with Crippen molar-refractivity contribution < 1.29 is 23.7 Å². The van der Waals surface area contributed by atoms with Gasteiger partial charge in [0.1, 0.15) is 5.92 Å². The van der Waals surface area contributed by atoms with Crippen LogP contribution in [0.1, 0.15) is 18.9 Å². The van der Waals surface area contributed by atoms with E-state index in [9.17, 15) is 18.6 Å². The fourth-order valence-corrected chi connectivity index (χ4v) is 2.46. The smallest absolute Gasteiger partial charge is 0.313 e. The zero-order valence-corrected chi connectivity index (χ0v) is 12.1. The van der Waals surface area contributed by atoms with Crippen LogP contribution in [-0.2, 0) is 25.2 Å². The van der Waals surface area contributed by atoms with Gasteiger partial charge in [0.05, 0.1) is 23.0 Å². The monoisotopic (exact) mass is 296 g/mol. The highest BCUT2D eigenvalue weighted by atomic mass is 32.2. The summed E-state index contributed by atoms with van der Waals surface area (Å²) in [6.45, 7) is 3.12. The molecule has 1 aromatic rings. The van der Waals surface area contributed by atoms with Crippen LogP contribution in [-0.4, -0.2) is 32.6 Å². The average molecular weight is 296 g/mol. The van der Waals surface area contributed by atoms with Gasteiger partial charge >= 0.3 is 5.97 Å². The Morgan fingerprint density at radius 1 is 1.20 bits per heavy atom. The van der Waals surface area contributed by atoms with Gasteiger partial charge in [-0.2, -0.15) is 0 Å². The maximum atomic E-state index is 11.9. The predicted molar refractivity (Wildman–Crippen MR) is 73.9 cm³/mol. The highest BCUT2D eigenvalue weighted by Crippen LogP contribution is 2.10. The van der Waals surface area contributed by atoms with Crippen molar-refractivity contribution in [3.8, 4) is 0 Å². The minimum atomic E-state index is -1.51. The van der Waals surface area contributed by atoms with E-state index < -0.39 is 40.7 Å². The predicted octanol–water partition coefficient (Wildman–Crippen LogP) is 1.35. The van der Waals surface area contributed by atoms with Crippen molar-refractivity contribution >= 4 is 28.3 Å². The van der Waals surface area contributed by atoms with Crippen LogP contribution in [0.4, 0.5) is 0 Å². The molecular formula is C14H16O5S. The minimum Gasteiger partial charge on any atom is -0.481 e. The number of aryl methyl sites for hydroxylation is 1. The molecule has 6 heteroatoms. The van der Waals surface area contributed by atoms with Crippen molar-refractivity contribution in [3.63, 3.8) is 0 Å². The molecule has 0 spiro atoms. The van der Waals surface area contributed by atoms with Gasteiger partial charge in [0.15, 0.2) is 11.6 Å². The first-order valence-corrected chi connectivity index (χ1v) is 7.35. The normalized spacial score (nSPS) is 13.5. The first-order chi connectivity index (χ1) is 9.31. The van der Waals surface area contributed by atoms with E-state index in [4.69, 9.17) is 5.11 Å². The van der Waals surface area contributed by atoms with E-state index in [1.165, 1.54) is 6.92 Å². The fraction of sp³-hybridized carbons (Fsp3) is 0.357. The van der Waals surface area contributed by atoms with Crippen molar-refractivity contribution in [2.75, 3.05) is 5.75 Å². The molecule has 5 nitrogen and oxygen atoms in total. The first-order valence-electron chi connectivity index (χ1n) is 6.03. The average Bonchev–Trinajstić information content (AvgIpc) is 2.37. The van der Waals surface area contributed by atoms with Crippen molar-refractivity contribution in [2.24, 2.45) is 5.92 Å². The number of Topliss-reactive ketones (excluding diaryl/α,β-unsaturated/α-hetero) is 2. The second-order valence-electron chi connectivity index (χ2n) is 4.54. The maximum absolute atomic E-state index is 11.9. The molecule has 0 heterocycles. The quantitative estimate of drug-likeness (QED) is 0.767. The Hall–Kier alpha value is -1.82. The minimum absolute atomic E-state index is 0.277. The van der Waals surface area contributed by atoms with Gasteiger partial charge in [-0.15, -0.1) is 0 Å². The zero-order chi connectivity index (χ0) is 15.3. The Morgan fingerprint density at radius 2 is 1.75 bits per heavy atom. The number of hydrogen-bond donors (Lipinski definition) is 1. The molecule has 0 aromatic heterocycles. The lowest BCUT2D eigenvalue weighted by atomic mass is 10.0. The standard InChI is InChI=1S/C14H16O5S/c1-9-3-5-12(6-4-9)20(19)8-11(15)7-13(16)10(2)14(17)18/h3-6,10H,7-8H2,1-2H3,(H,17,18)/t10-,20?/m1/s1. The van der Waals surface area contributed by atoms with E-state index in [0.717, 1.165) is 5.56 Å². The Bertz CT molecular complexity index is 547. The van der Waals surface area contributed by atoms with Crippen molar-refractivity contribution in [1.82, 2.24) is 0 Å². The second kappa shape index (κ2) is 7.09. The van der Waals surface area contributed by atoms with Gasteiger partial charge < -0.3 is 5.11 Å². The molecule has 0 bridgehead atoms. The Kier molecular flexibility index (Phi) is 5.76. The van der Waals surface area contributed by atoms with Gasteiger partial charge in [0.25, 0.3) is 0 Å². The molecule has 108 valence electrons. The number of carboxylic acids is 1. The number of rotatable bonds is 7. The Labute approximate surface area is 119 Å². The summed E-state index contributed by atoms with van der Waals surface area (Å²) in [5.41, 5.74) is 1.02. The molecule has 1 N–H and O–H groups in total. The van der Waals surface area contributed by atoms with E-state index >= 15 is 0 Å². The van der Waals surface area contributed by atoms with E-state index in [2.05, 4.69) is 0 Å². The summed E-state index contributed by atoms with van der Waals surface area (Å²) < 4.78 is 11.9. The van der Waals surface area contributed by atoms with E-state index in [1.54, 1.807) is 24.3 Å². The fourth-order valence-electron chi connectivity index (χ4n) is 1.46. The third-order valence-corrected chi connectivity index (χ3v) is 4.18. The molecule has 1 aromatic carbocycles. The molecule has 0 saturated heterocycles. The lowest BCUT2D eigenvalue weighted by molar-refractivity contribution is -0.145. The number of ketones is 2. The topological polar surface area (TPSA) is 88.5 Å². The van der Waals surface area contributed by atoms with E-state index in [1.807, 2.05) is 6.92 Å². The molecule has 0 amide bonds. The van der Waals surface area contributed by atoms with E-state index in [-0.39, 0.29) is 5.75 Å². The van der Waals surface area contributed by atoms with Gasteiger partial charge in [0.2, 0.25) is 0 Å². The lowest BCUT2D eigenvalue weighted by Crippen LogP contribution is -2.24. The van der Waals surface area contributed by atoms with Crippen LogP contribution in [0.2, 0.25) is 0 Å². The second-order valence-corrected chi connectivity index (χ2v) is 6.00. The van der Waals surface area contributed by atoms with Gasteiger partial charge in [-0.25, -0.2) is 0 Å². The largest absolute Gasteiger partial charge is 0.481 e.